The van der Waals surface area contributed by atoms with Gasteiger partial charge in [-0.15, -0.1) is 0 Å². The van der Waals surface area contributed by atoms with Crippen LogP contribution in [0.15, 0.2) is 18.2 Å². The number of carbonyl (C=O) groups is 1. The van der Waals surface area contributed by atoms with Crippen LogP contribution in [0.25, 0.3) is 0 Å². The van der Waals surface area contributed by atoms with Gasteiger partial charge in [-0.25, -0.2) is 0 Å². The number of hydrogen-bond acceptors (Lipinski definition) is 5. The van der Waals surface area contributed by atoms with E-state index in [0.29, 0.717) is 30.3 Å². The molecule has 18 heavy (non-hydrogen) atoms. The number of carbonyl (C=O) groups excluding carboxylic acids is 1. The van der Waals surface area contributed by atoms with E-state index in [0.717, 1.165) is 0 Å². The van der Waals surface area contributed by atoms with Gasteiger partial charge in [0, 0.05) is 18.8 Å². The zero-order chi connectivity index (χ0) is 13.0. The van der Waals surface area contributed by atoms with Gasteiger partial charge >= 0.3 is 0 Å². The number of rotatable bonds is 6. The van der Waals surface area contributed by atoms with Crippen molar-refractivity contribution >= 4 is 5.78 Å². The maximum absolute atomic E-state index is 12.2. The Morgan fingerprint density at radius 3 is 2.56 bits per heavy atom. The van der Waals surface area contributed by atoms with E-state index < -0.39 is 6.29 Å². The number of benzene rings is 1. The number of ether oxygens (including phenoxy) is 4. The monoisotopic (exact) mass is 252 g/mol. The fraction of sp³-hybridized carbons (Fsp3) is 0.462. The Balaban J connectivity index is 2.16. The molecule has 0 aliphatic carbocycles. The molecule has 98 valence electrons. The van der Waals surface area contributed by atoms with Gasteiger partial charge in [0.05, 0.1) is 0 Å². The smallest absolute Gasteiger partial charge is 0.231 e. The molecule has 0 bridgehead atoms. The molecule has 0 saturated carbocycles. The van der Waals surface area contributed by atoms with Crippen LogP contribution >= 0.6 is 0 Å². The third-order valence-electron chi connectivity index (χ3n) is 2.51. The van der Waals surface area contributed by atoms with Crippen LogP contribution in [0.1, 0.15) is 24.2 Å². The van der Waals surface area contributed by atoms with Crippen LogP contribution < -0.4 is 9.47 Å². The lowest BCUT2D eigenvalue weighted by atomic mass is 10.1. The lowest BCUT2D eigenvalue weighted by Crippen LogP contribution is -2.27. The minimum absolute atomic E-state index is 0.188. The first-order valence-corrected chi connectivity index (χ1v) is 5.93. The van der Waals surface area contributed by atoms with Crippen LogP contribution in [0.2, 0.25) is 0 Å². The van der Waals surface area contributed by atoms with Gasteiger partial charge in [0.2, 0.25) is 18.9 Å². The van der Waals surface area contributed by atoms with E-state index in [2.05, 4.69) is 0 Å². The molecule has 0 aromatic heterocycles. The molecule has 2 rings (SSSR count). The van der Waals surface area contributed by atoms with Gasteiger partial charge in [0.1, 0.15) is 0 Å². The maximum atomic E-state index is 12.2. The molecule has 5 nitrogen and oxygen atoms in total. The van der Waals surface area contributed by atoms with Crippen molar-refractivity contribution in [1.82, 2.24) is 0 Å². The molecule has 1 aliphatic rings. The predicted octanol–water partition coefficient (Wildman–Crippen LogP) is 2.00. The summed E-state index contributed by atoms with van der Waals surface area (Å²) in [5.74, 6) is 1.01. The topological polar surface area (TPSA) is 54.0 Å². The highest BCUT2D eigenvalue weighted by Gasteiger charge is 2.23. The number of Topliss-reactive ketones (excluding diaryl/α,β-unsaturated/α-hetero) is 1. The molecular formula is C13H16O5. The van der Waals surface area contributed by atoms with Gasteiger partial charge in [-0.1, -0.05) is 0 Å². The second-order valence-corrected chi connectivity index (χ2v) is 3.67. The van der Waals surface area contributed by atoms with Gasteiger partial charge in [0.15, 0.2) is 11.5 Å². The molecule has 0 fully saturated rings. The molecule has 1 aliphatic heterocycles. The second-order valence-electron chi connectivity index (χ2n) is 3.67. The van der Waals surface area contributed by atoms with Crippen LogP contribution in [0.3, 0.4) is 0 Å². The third-order valence-corrected chi connectivity index (χ3v) is 2.51. The number of ketones is 1. The quantitative estimate of drug-likeness (QED) is 0.572. The highest BCUT2D eigenvalue weighted by molar-refractivity contribution is 5.99. The first-order valence-electron chi connectivity index (χ1n) is 5.93. The van der Waals surface area contributed by atoms with Crippen LogP contribution in [-0.4, -0.2) is 32.1 Å². The molecule has 5 heteroatoms. The van der Waals surface area contributed by atoms with Crippen molar-refractivity contribution < 1.29 is 23.7 Å². The maximum Gasteiger partial charge on any atom is 0.231 e. The number of hydrogen-bond donors (Lipinski definition) is 0. The minimum atomic E-state index is -0.861. The Bertz CT molecular complexity index is 423. The predicted molar refractivity (Wildman–Crippen MR) is 63.9 cm³/mol. The molecule has 0 amide bonds. The Morgan fingerprint density at radius 1 is 1.22 bits per heavy atom. The summed E-state index contributed by atoms with van der Waals surface area (Å²) in [4.78, 5) is 12.2. The molecular weight excluding hydrogens is 236 g/mol. The van der Waals surface area contributed by atoms with Gasteiger partial charge in [-0.05, 0) is 32.0 Å². The van der Waals surface area contributed by atoms with E-state index in [-0.39, 0.29) is 12.6 Å². The highest BCUT2D eigenvalue weighted by atomic mass is 16.7. The zero-order valence-electron chi connectivity index (χ0n) is 10.5. The van der Waals surface area contributed by atoms with E-state index in [1.165, 1.54) is 0 Å². The SMILES string of the molecule is CCOC(OCC)C(=O)c1ccc2c(c1)OCO2. The zero-order valence-corrected chi connectivity index (χ0v) is 10.5. The summed E-state index contributed by atoms with van der Waals surface area (Å²) in [6, 6.07) is 5.04. The fourth-order valence-corrected chi connectivity index (χ4v) is 1.69. The van der Waals surface area contributed by atoms with Gasteiger partial charge in [-0.2, -0.15) is 0 Å². The van der Waals surface area contributed by atoms with Crippen LogP contribution in [0.4, 0.5) is 0 Å². The molecule has 0 saturated heterocycles. The van der Waals surface area contributed by atoms with Crippen molar-refractivity contribution in [3.05, 3.63) is 23.8 Å². The summed E-state index contributed by atoms with van der Waals surface area (Å²) in [5, 5.41) is 0. The molecule has 0 atom stereocenters. The Morgan fingerprint density at radius 2 is 1.89 bits per heavy atom. The molecule has 0 N–H and O–H groups in total. The average molecular weight is 252 g/mol. The summed E-state index contributed by atoms with van der Waals surface area (Å²) >= 11 is 0. The largest absolute Gasteiger partial charge is 0.454 e. The average Bonchev–Trinajstić information content (AvgIpc) is 2.84. The van der Waals surface area contributed by atoms with Crippen molar-refractivity contribution in [2.24, 2.45) is 0 Å². The molecule has 1 aromatic rings. The summed E-state index contributed by atoms with van der Waals surface area (Å²) in [5.41, 5.74) is 0.492. The van der Waals surface area contributed by atoms with Crippen LogP contribution in [-0.2, 0) is 9.47 Å². The molecule has 0 radical (unpaired) electrons. The van der Waals surface area contributed by atoms with Gasteiger partial charge < -0.3 is 18.9 Å². The van der Waals surface area contributed by atoms with E-state index in [1.807, 2.05) is 13.8 Å². The van der Waals surface area contributed by atoms with Crippen molar-refractivity contribution in [1.29, 1.82) is 0 Å². The third kappa shape index (κ3) is 2.63. The Hall–Kier alpha value is -1.59. The molecule has 0 spiro atoms. The van der Waals surface area contributed by atoms with Crippen molar-refractivity contribution in [3.8, 4) is 11.5 Å². The minimum Gasteiger partial charge on any atom is -0.454 e. The summed E-state index contributed by atoms with van der Waals surface area (Å²) in [7, 11) is 0. The van der Waals surface area contributed by atoms with Crippen molar-refractivity contribution in [2.45, 2.75) is 20.1 Å². The number of fused-ring (bicyclic) bond motifs is 1. The van der Waals surface area contributed by atoms with Crippen molar-refractivity contribution in [2.75, 3.05) is 20.0 Å². The van der Waals surface area contributed by atoms with Crippen molar-refractivity contribution in [3.63, 3.8) is 0 Å². The van der Waals surface area contributed by atoms with Gasteiger partial charge in [-0.3, -0.25) is 4.79 Å². The summed E-state index contributed by atoms with van der Waals surface area (Å²) in [6.07, 6.45) is -0.861. The van der Waals surface area contributed by atoms with Gasteiger partial charge in [0.25, 0.3) is 0 Å². The van der Waals surface area contributed by atoms with E-state index in [1.54, 1.807) is 18.2 Å². The van der Waals surface area contributed by atoms with E-state index in [4.69, 9.17) is 18.9 Å². The molecule has 0 unspecified atom stereocenters. The molecule has 1 aromatic carbocycles. The standard InChI is InChI=1S/C13H16O5/c1-3-15-13(16-4-2)12(14)9-5-6-10-11(7-9)18-8-17-10/h5-7,13H,3-4,8H2,1-2H3. The lowest BCUT2D eigenvalue weighted by molar-refractivity contribution is -0.107. The molecule has 1 heterocycles. The lowest BCUT2D eigenvalue weighted by Gasteiger charge is -2.15. The Labute approximate surface area is 106 Å². The fourth-order valence-electron chi connectivity index (χ4n) is 1.69. The second kappa shape index (κ2) is 5.84. The van der Waals surface area contributed by atoms with Crippen LogP contribution in [0.5, 0.6) is 11.5 Å². The first-order chi connectivity index (χ1) is 8.76. The van der Waals surface area contributed by atoms with E-state index >= 15 is 0 Å². The normalized spacial score (nSPS) is 13.1. The summed E-state index contributed by atoms with van der Waals surface area (Å²) < 4.78 is 21.0. The first kappa shape index (κ1) is 12.9. The van der Waals surface area contributed by atoms with Crippen LogP contribution in [0, 0.1) is 0 Å². The Kier molecular flexibility index (Phi) is 4.17. The highest BCUT2D eigenvalue weighted by Crippen LogP contribution is 2.32. The summed E-state index contributed by atoms with van der Waals surface area (Å²) in [6.45, 7) is 4.66. The van der Waals surface area contributed by atoms with E-state index in [9.17, 15) is 4.79 Å².